The minimum absolute atomic E-state index is 0.187. The van der Waals surface area contributed by atoms with Gasteiger partial charge in [0.05, 0.1) is 13.2 Å². The monoisotopic (exact) mass is 356 g/mol. The van der Waals surface area contributed by atoms with E-state index in [1.807, 2.05) is 42.3 Å². The fourth-order valence-electron chi connectivity index (χ4n) is 2.91. The number of benzene rings is 1. The van der Waals surface area contributed by atoms with E-state index >= 15 is 0 Å². The third kappa shape index (κ3) is 3.08. The molecule has 3 heterocycles. The van der Waals surface area contributed by atoms with Gasteiger partial charge in [-0.05, 0) is 23.7 Å². The molecule has 0 N–H and O–H groups in total. The van der Waals surface area contributed by atoms with Crippen LogP contribution in [0.1, 0.15) is 0 Å². The lowest BCUT2D eigenvalue weighted by atomic mass is 10.2. The minimum atomic E-state index is 0.187. The Kier molecular flexibility index (Phi) is 4.33. The Morgan fingerprint density at radius 2 is 1.80 bits per heavy atom. The Hall–Kier alpha value is -2.51. The number of rotatable bonds is 3. The SMILES string of the molecule is CN(c1ccccc1)c1ncnc2c(N3CCOCC3)nc(Cl)nc12. The molecular formula is C17H17ClN6O. The minimum Gasteiger partial charge on any atom is -0.378 e. The number of hydrogen-bond acceptors (Lipinski definition) is 7. The van der Waals surface area contributed by atoms with Crippen LogP contribution in [0.3, 0.4) is 0 Å². The molecule has 0 saturated carbocycles. The molecule has 128 valence electrons. The van der Waals surface area contributed by atoms with Crippen molar-refractivity contribution in [3.05, 3.63) is 41.9 Å². The summed E-state index contributed by atoms with van der Waals surface area (Å²) in [4.78, 5) is 21.8. The third-order valence-electron chi connectivity index (χ3n) is 4.19. The maximum atomic E-state index is 6.21. The molecule has 2 aromatic heterocycles. The second-order valence-corrected chi connectivity index (χ2v) is 6.04. The molecule has 0 unspecified atom stereocenters. The number of nitrogens with zero attached hydrogens (tertiary/aromatic N) is 6. The number of fused-ring (bicyclic) bond motifs is 1. The molecule has 25 heavy (non-hydrogen) atoms. The van der Waals surface area contributed by atoms with Crippen molar-refractivity contribution in [2.24, 2.45) is 0 Å². The molecule has 0 radical (unpaired) electrons. The van der Waals surface area contributed by atoms with Crippen LogP contribution < -0.4 is 9.80 Å². The number of aromatic nitrogens is 4. The number of anilines is 3. The lowest BCUT2D eigenvalue weighted by Crippen LogP contribution is -2.37. The summed E-state index contributed by atoms with van der Waals surface area (Å²) in [6, 6.07) is 9.97. The van der Waals surface area contributed by atoms with Crippen LogP contribution >= 0.6 is 11.6 Å². The first-order valence-corrected chi connectivity index (χ1v) is 8.41. The zero-order chi connectivity index (χ0) is 17.2. The van der Waals surface area contributed by atoms with Crippen LogP contribution in [-0.4, -0.2) is 53.3 Å². The molecular weight excluding hydrogens is 340 g/mol. The van der Waals surface area contributed by atoms with E-state index < -0.39 is 0 Å². The van der Waals surface area contributed by atoms with Crippen molar-refractivity contribution >= 4 is 40.0 Å². The summed E-state index contributed by atoms with van der Waals surface area (Å²) < 4.78 is 5.42. The maximum absolute atomic E-state index is 6.21. The van der Waals surface area contributed by atoms with Crippen molar-refractivity contribution < 1.29 is 4.74 Å². The average molecular weight is 357 g/mol. The normalized spacial score (nSPS) is 14.7. The van der Waals surface area contributed by atoms with Crippen molar-refractivity contribution in [3.63, 3.8) is 0 Å². The molecule has 1 aliphatic heterocycles. The highest BCUT2D eigenvalue weighted by molar-refractivity contribution is 6.29. The van der Waals surface area contributed by atoms with E-state index in [0.29, 0.717) is 30.1 Å². The molecule has 3 aromatic rings. The third-order valence-corrected chi connectivity index (χ3v) is 4.36. The van der Waals surface area contributed by atoms with E-state index in [0.717, 1.165) is 24.6 Å². The number of para-hydroxylation sites is 1. The van der Waals surface area contributed by atoms with Gasteiger partial charge in [-0.25, -0.2) is 15.0 Å². The zero-order valence-corrected chi connectivity index (χ0v) is 14.5. The van der Waals surface area contributed by atoms with Gasteiger partial charge in [0, 0.05) is 25.8 Å². The van der Waals surface area contributed by atoms with Gasteiger partial charge in [0.25, 0.3) is 0 Å². The Balaban J connectivity index is 1.85. The quantitative estimate of drug-likeness (QED) is 0.668. The fraction of sp³-hybridized carbons (Fsp3) is 0.294. The average Bonchev–Trinajstić information content (AvgIpc) is 2.68. The van der Waals surface area contributed by atoms with Gasteiger partial charge in [0.2, 0.25) is 5.28 Å². The molecule has 7 nitrogen and oxygen atoms in total. The Bertz CT molecular complexity index is 885. The maximum Gasteiger partial charge on any atom is 0.225 e. The van der Waals surface area contributed by atoms with Gasteiger partial charge in [-0.1, -0.05) is 18.2 Å². The molecule has 0 spiro atoms. The molecule has 0 aliphatic carbocycles. The van der Waals surface area contributed by atoms with E-state index in [1.54, 1.807) is 0 Å². The van der Waals surface area contributed by atoms with Gasteiger partial charge >= 0.3 is 0 Å². The second-order valence-electron chi connectivity index (χ2n) is 5.70. The molecule has 0 atom stereocenters. The summed E-state index contributed by atoms with van der Waals surface area (Å²) in [6.45, 7) is 2.81. The van der Waals surface area contributed by atoms with Crippen LogP contribution in [0.4, 0.5) is 17.3 Å². The molecule has 1 aromatic carbocycles. The number of morpholine rings is 1. The smallest absolute Gasteiger partial charge is 0.225 e. The molecule has 8 heteroatoms. The predicted molar refractivity (Wildman–Crippen MR) is 97.7 cm³/mol. The van der Waals surface area contributed by atoms with Gasteiger partial charge in [-0.2, -0.15) is 4.98 Å². The zero-order valence-electron chi connectivity index (χ0n) is 13.8. The summed E-state index contributed by atoms with van der Waals surface area (Å²) in [5.41, 5.74) is 2.33. The van der Waals surface area contributed by atoms with Crippen molar-refractivity contribution in [2.75, 3.05) is 43.2 Å². The number of ether oxygens (including phenoxy) is 1. The standard InChI is InChI=1S/C17H17ClN6O/c1-23(12-5-3-2-4-6-12)15-14-13(19-11-20-15)16(22-17(18)21-14)24-7-9-25-10-8-24/h2-6,11H,7-10H2,1H3. The van der Waals surface area contributed by atoms with Crippen LogP contribution in [-0.2, 0) is 4.74 Å². The first-order valence-electron chi connectivity index (χ1n) is 8.04. The van der Waals surface area contributed by atoms with Gasteiger partial charge in [0.15, 0.2) is 11.6 Å². The Morgan fingerprint density at radius 3 is 2.56 bits per heavy atom. The van der Waals surface area contributed by atoms with E-state index in [2.05, 4.69) is 24.8 Å². The van der Waals surface area contributed by atoms with E-state index in [-0.39, 0.29) is 5.28 Å². The first-order chi connectivity index (χ1) is 12.2. The van der Waals surface area contributed by atoms with Crippen molar-refractivity contribution in [2.45, 2.75) is 0 Å². The summed E-state index contributed by atoms with van der Waals surface area (Å²) >= 11 is 6.21. The van der Waals surface area contributed by atoms with Crippen molar-refractivity contribution in [1.82, 2.24) is 19.9 Å². The second kappa shape index (κ2) is 6.78. The van der Waals surface area contributed by atoms with Gasteiger partial charge in [0.1, 0.15) is 17.4 Å². The van der Waals surface area contributed by atoms with Crippen LogP contribution in [0.25, 0.3) is 11.0 Å². The first kappa shape index (κ1) is 16.0. The molecule has 1 saturated heterocycles. The molecule has 4 rings (SSSR count). The molecule has 1 fully saturated rings. The van der Waals surface area contributed by atoms with E-state index in [4.69, 9.17) is 16.3 Å². The van der Waals surface area contributed by atoms with Crippen LogP contribution in [0.15, 0.2) is 36.7 Å². The van der Waals surface area contributed by atoms with Gasteiger partial charge in [-0.3, -0.25) is 0 Å². The van der Waals surface area contributed by atoms with Crippen molar-refractivity contribution in [1.29, 1.82) is 0 Å². The van der Waals surface area contributed by atoms with E-state index in [1.165, 1.54) is 6.33 Å². The fourth-order valence-corrected chi connectivity index (χ4v) is 3.07. The van der Waals surface area contributed by atoms with Crippen LogP contribution in [0.2, 0.25) is 5.28 Å². The van der Waals surface area contributed by atoms with Crippen molar-refractivity contribution in [3.8, 4) is 0 Å². The number of halogens is 1. The van der Waals surface area contributed by atoms with Gasteiger partial charge < -0.3 is 14.5 Å². The Labute approximate surface area is 150 Å². The summed E-state index contributed by atoms with van der Waals surface area (Å²) in [5.74, 6) is 1.42. The lowest BCUT2D eigenvalue weighted by molar-refractivity contribution is 0.122. The highest BCUT2D eigenvalue weighted by Crippen LogP contribution is 2.31. The van der Waals surface area contributed by atoms with E-state index in [9.17, 15) is 0 Å². The molecule has 1 aliphatic rings. The summed E-state index contributed by atoms with van der Waals surface area (Å²) in [6.07, 6.45) is 1.54. The summed E-state index contributed by atoms with van der Waals surface area (Å²) in [7, 11) is 1.95. The highest BCUT2D eigenvalue weighted by atomic mass is 35.5. The molecule has 0 bridgehead atoms. The highest BCUT2D eigenvalue weighted by Gasteiger charge is 2.21. The summed E-state index contributed by atoms with van der Waals surface area (Å²) in [5, 5.41) is 0.187. The molecule has 0 amide bonds. The van der Waals surface area contributed by atoms with Gasteiger partial charge in [-0.15, -0.1) is 0 Å². The predicted octanol–water partition coefficient (Wildman–Crippen LogP) is 2.68. The lowest BCUT2D eigenvalue weighted by Gasteiger charge is -2.28. The topological polar surface area (TPSA) is 67.3 Å². The van der Waals surface area contributed by atoms with Crippen LogP contribution in [0.5, 0.6) is 0 Å². The largest absolute Gasteiger partial charge is 0.378 e. The number of hydrogen-bond donors (Lipinski definition) is 0. The Morgan fingerprint density at radius 1 is 1.04 bits per heavy atom. The van der Waals surface area contributed by atoms with Crippen LogP contribution in [0, 0.1) is 0 Å².